The molecule has 0 saturated carbocycles. The predicted octanol–water partition coefficient (Wildman–Crippen LogP) is 4.57. The number of carboxylic acid groups (broad SMARTS) is 1. The molecule has 4 heterocycles. The van der Waals surface area contributed by atoms with Gasteiger partial charge in [0.1, 0.15) is 11.6 Å². The van der Waals surface area contributed by atoms with Gasteiger partial charge in [-0.05, 0) is 24.3 Å². The summed E-state index contributed by atoms with van der Waals surface area (Å²) >= 11 is 0. The van der Waals surface area contributed by atoms with E-state index < -0.39 is 11.9 Å². The summed E-state index contributed by atoms with van der Waals surface area (Å²) in [5.74, 6) is 0.997. The molecule has 0 radical (unpaired) electrons. The number of imidazole rings is 1. The monoisotopic (exact) mass is 489 g/mol. The van der Waals surface area contributed by atoms with Crippen LogP contribution in [-0.4, -0.2) is 54.1 Å². The third kappa shape index (κ3) is 4.95. The highest BCUT2D eigenvalue weighted by Gasteiger charge is 2.20. The van der Waals surface area contributed by atoms with Crippen molar-refractivity contribution < 1.29 is 18.7 Å². The second-order valence-corrected chi connectivity index (χ2v) is 8.42. The molecule has 184 valence electrons. The lowest BCUT2D eigenvalue weighted by atomic mass is 10.1. The lowest BCUT2D eigenvalue weighted by Crippen LogP contribution is -2.35. The molecule has 3 N–H and O–H groups in total. The number of rotatable bonds is 9. The Morgan fingerprint density at radius 1 is 1.17 bits per heavy atom. The number of pyridine rings is 2. The molecule has 11 heteroatoms. The average molecular weight is 490 g/mol. The number of nitrogens with zero attached hydrogens (tertiary/aromatic N) is 5. The number of carbonyl (C=O) groups is 1. The highest BCUT2D eigenvalue weighted by Crippen LogP contribution is 2.23. The summed E-state index contributed by atoms with van der Waals surface area (Å²) in [5.41, 5.74) is 3.01. The minimum absolute atomic E-state index is 0.132. The van der Waals surface area contributed by atoms with E-state index in [4.69, 9.17) is 4.42 Å². The zero-order valence-corrected chi connectivity index (χ0v) is 19.5. The van der Waals surface area contributed by atoms with Crippen LogP contribution in [0.2, 0.25) is 0 Å². The maximum atomic E-state index is 13.9. The highest BCUT2D eigenvalue weighted by atomic mass is 19.1. The van der Waals surface area contributed by atoms with Crippen molar-refractivity contribution in [1.29, 1.82) is 0 Å². The van der Waals surface area contributed by atoms with E-state index in [0.717, 1.165) is 16.9 Å². The van der Waals surface area contributed by atoms with E-state index in [2.05, 4.69) is 30.2 Å². The van der Waals surface area contributed by atoms with Gasteiger partial charge in [-0.3, -0.25) is 4.98 Å². The number of anilines is 1. The Morgan fingerprint density at radius 3 is 2.83 bits per heavy atom. The first kappa shape index (κ1) is 23.2. The van der Waals surface area contributed by atoms with E-state index in [9.17, 15) is 14.3 Å². The molecular formula is C25H24FN7O3. The molecule has 4 aromatic heterocycles. The maximum absolute atomic E-state index is 13.9. The summed E-state index contributed by atoms with van der Waals surface area (Å²) in [4.78, 5) is 33.9. The minimum Gasteiger partial charge on any atom is -0.465 e. The number of amides is 1. The molecule has 10 nitrogen and oxygen atoms in total. The van der Waals surface area contributed by atoms with E-state index in [1.54, 1.807) is 12.3 Å². The van der Waals surface area contributed by atoms with Gasteiger partial charge in [-0.25, -0.2) is 24.1 Å². The molecule has 0 bridgehead atoms. The van der Waals surface area contributed by atoms with Gasteiger partial charge in [0.25, 0.3) is 0 Å². The van der Waals surface area contributed by atoms with Crippen molar-refractivity contribution in [2.45, 2.75) is 25.8 Å². The topological polar surface area (TPSA) is 133 Å². The number of nitrogens with one attached hydrogen (secondary N) is 2. The molecule has 5 aromatic rings. The standard InChI is InChI=1S/C25H24FN7O3/c1-15(23-30-17-6-2-3-7-18(17)31-23)14-33(25(34)35)12-9-21-32-22-20(36-21)8-11-28-24(22)29-13-19-16(26)5-4-10-27-19/h2-8,10-11,15H,9,12-14H2,1H3,(H,28,29)(H,30,31)(H,34,35). The predicted molar refractivity (Wildman–Crippen MR) is 131 cm³/mol. The van der Waals surface area contributed by atoms with E-state index in [-0.39, 0.29) is 37.7 Å². The van der Waals surface area contributed by atoms with Crippen LogP contribution >= 0.6 is 0 Å². The summed E-state index contributed by atoms with van der Waals surface area (Å²) in [7, 11) is 0. The molecule has 0 aliphatic rings. The lowest BCUT2D eigenvalue weighted by Gasteiger charge is -2.21. The fourth-order valence-electron chi connectivity index (χ4n) is 3.97. The molecule has 0 spiro atoms. The summed E-state index contributed by atoms with van der Waals surface area (Å²) in [5, 5.41) is 12.8. The van der Waals surface area contributed by atoms with Gasteiger partial charge in [0.15, 0.2) is 22.8 Å². The Labute approximate surface area is 205 Å². The number of fused-ring (bicyclic) bond motifs is 2. The SMILES string of the molecule is CC(CN(CCc1nc2c(NCc3ncccc3F)nccc2o1)C(=O)O)c1nc2ccccc2[nH]1. The first-order valence-corrected chi connectivity index (χ1v) is 11.5. The van der Waals surface area contributed by atoms with Gasteiger partial charge in [0.2, 0.25) is 0 Å². The van der Waals surface area contributed by atoms with Crippen LogP contribution in [0.4, 0.5) is 15.0 Å². The molecular weight excluding hydrogens is 465 g/mol. The average Bonchev–Trinajstić information content (AvgIpc) is 3.50. The number of hydrogen-bond donors (Lipinski definition) is 3. The number of hydrogen-bond acceptors (Lipinski definition) is 7. The van der Waals surface area contributed by atoms with Crippen molar-refractivity contribution in [3.63, 3.8) is 0 Å². The van der Waals surface area contributed by atoms with Crippen LogP contribution < -0.4 is 5.32 Å². The van der Waals surface area contributed by atoms with Crippen molar-refractivity contribution in [1.82, 2.24) is 29.8 Å². The van der Waals surface area contributed by atoms with Crippen molar-refractivity contribution in [2.24, 2.45) is 0 Å². The second-order valence-electron chi connectivity index (χ2n) is 8.42. The summed E-state index contributed by atoms with van der Waals surface area (Å²) < 4.78 is 19.7. The highest BCUT2D eigenvalue weighted by molar-refractivity contribution is 5.84. The van der Waals surface area contributed by atoms with Crippen LogP contribution in [0.3, 0.4) is 0 Å². The quantitative estimate of drug-likeness (QED) is 0.274. The van der Waals surface area contributed by atoms with Gasteiger partial charge in [-0.15, -0.1) is 0 Å². The molecule has 1 atom stereocenters. The zero-order chi connectivity index (χ0) is 25.1. The zero-order valence-electron chi connectivity index (χ0n) is 19.5. The molecule has 0 aliphatic carbocycles. The van der Waals surface area contributed by atoms with Crippen molar-refractivity contribution in [2.75, 3.05) is 18.4 Å². The number of para-hydroxylation sites is 2. The lowest BCUT2D eigenvalue weighted by molar-refractivity contribution is 0.142. The second kappa shape index (κ2) is 9.98. The molecule has 0 fully saturated rings. The van der Waals surface area contributed by atoms with E-state index in [1.165, 1.54) is 23.2 Å². The van der Waals surface area contributed by atoms with Gasteiger partial charge < -0.3 is 24.7 Å². The first-order valence-electron chi connectivity index (χ1n) is 11.5. The fourth-order valence-corrected chi connectivity index (χ4v) is 3.97. The largest absolute Gasteiger partial charge is 0.465 e. The van der Waals surface area contributed by atoms with Crippen LogP contribution in [-0.2, 0) is 13.0 Å². The number of aromatic amines is 1. The number of oxazole rings is 1. The van der Waals surface area contributed by atoms with E-state index in [0.29, 0.717) is 22.8 Å². The van der Waals surface area contributed by atoms with Crippen LogP contribution in [0, 0.1) is 5.82 Å². The summed E-state index contributed by atoms with van der Waals surface area (Å²) in [6.07, 6.45) is 2.33. The number of H-pyrrole nitrogens is 1. The summed E-state index contributed by atoms with van der Waals surface area (Å²) in [6, 6.07) is 12.2. The van der Waals surface area contributed by atoms with E-state index >= 15 is 0 Å². The fraction of sp³-hybridized carbons (Fsp3) is 0.240. The van der Waals surface area contributed by atoms with Crippen LogP contribution in [0.5, 0.6) is 0 Å². The molecule has 1 unspecified atom stereocenters. The van der Waals surface area contributed by atoms with Crippen molar-refractivity contribution in [3.8, 4) is 0 Å². The molecule has 1 amide bonds. The third-order valence-electron chi connectivity index (χ3n) is 5.84. The molecule has 0 saturated heterocycles. The molecule has 36 heavy (non-hydrogen) atoms. The van der Waals surface area contributed by atoms with Gasteiger partial charge in [0.05, 0.1) is 23.3 Å². The number of aromatic nitrogens is 5. The summed E-state index contributed by atoms with van der Waals surface area (Å²) in [6.45, 7) is 2.52. The minimum atomic E-state index is -1.03. The van der Waals surface area contributed by atoms with Crippen LogP contribution in [0.25, 0.3) is 22.1 Å². The Kier molecular flexibility index (Phi) is 6.44. The maximum Gasteiger partial charge on any atom is 0.407 e. The molecule has 0 aliphatic heterocycles. The number of benzene rings is 1. The Morgan fingerprint density at radius 2 is 2.03 bits per heavy atom. The van der Waals surface area contributed by atoms with Gasteiger partial charge in [-0.1, -0.05) is 19.1 Å². The Balaban J connectivity index is 1.26. The smallest absolute Gasteiger partial charge is 0.407 e. The third-order valence-corrected chi connectivity index (χ3v) is 5.84. The van der Waals surface area contributed by atoms with E-state index in [1.807, 2.05) is 31.2 Å². The number of halogens is 1. The van der Waals surface area contributed by atoms with Gasteiger partial charge in [0, 0.05) is 43.9 Å². The first-order chi connectivity index (χ1) is 17.5. The Hall–Kier alpha value is -4.54. The van der Waals surface area contributed by atoms with Crippen molar-refractivity contribution in [3.05, 3.63) is 78.1 Å². The van der Waals surface area contributed by atoms with Crippen LogP contribution in [0.1, 0.15) is 30.3 Å². The van der Waals surface area contributed by atoms with Gasteiger partial charge in [-0.2, -0.15) is 0 Å². The van der Waals surface area contributed by atoms with Gasteiger partial charge >= 0.3 is 6.09 Å². The normalized spacial score (nSPS) is 12.2. The Bertz CT molecular complexity index is 1480. The van der Waals surface area contributed by atoms with Crippen molar-refractivity contribution >= 4 is 34.0 Å². The molecule has 1 aromatic carbocycles. The molecule has 5 rings (SSSR count). The van der Waals surface area contributed by atoms with Crippen LogP contribution in [0.15, 0.2) is 59.3 Å².